The fourth-order valence-electron chi connectivity index (χ4n) is 3.41. The molecule has 2 heterocycles. The summed E-state index contributed by atoms with van der Waals surface area (Å²) >= 11 is 0. The maximum Gasteiger partial charge on any atom is 0.286 e. The number of pyridine rings is 1. The molecule has 0 atom stereocenters. The molecule has 5 N–H and O–H groups in total. The van der Waals surface area contributed by atoms with Gasteiger partial charge < -0.3 is 26.3 Å². The topological polar surface area (TPSA) is 165 Å². The lowest BCUT2D eigenvalue weighted by atomic mass is 10.1. The molecule has 0 aliphatic carbocycles. The normalized spacial score (nSPS) is 14.2. The van der Waals surface area contributed by atoms with Crippen LogP contribution in [0.3, 0.4) is 0 Å². The Labute approximate surface area is 188 Å². The van der Waals surface area contributed by atoms with E-state index in [2.05, 4.69) is 15.1 Å². The highest BCUT2D eigenvalue weighted by Crippen LogP contribution is 2.34. The van der Waals surface area contributed by atoms with E-state index >= 15 is 0 Å². The second kappa shape index (κ2) is 8.47. The monoisotopic (exact) mass is 471 g/mol. The molecule has 0 fully saturated rings. The van der Waals surface area contributed by atoms with E-state index < -0.39 is 33.8 Å². The number of fused-ring (bicyclic) bond motifs is 2. The molecule has 12 heteroatoms. The number of hydrogen-bond donors (Lipinski definition) is 4. The summed E-state index contributed by atoms with van der Waals surface area (Å²) < 4.78 is 36.0. The molecular weight excluding hydrogens is 450 g/mol. The number of benzene rings is 2. The smallest absolute Gasteiger partial charge is 0.286 e. The number of amides is 1. The molecule has 0 spiro atoms. The number of nitrogens with one attached hydrogen (secondary N) is 2. The predicted octanol–water partition coefficient (Wildman–Crippen LogP) is 1.09. The second-order valence-electron chi connectivity index (χ2n) is 7.24. The fraction of sp³-hybridized carbons (Fsp3) is 0.190. The fourth-order valence-corrected chi connectivity index (χ4v) is 4.55. The number of para-hydroxylation sites is 1. The number of carbonyl (C=O) groups excluding carboxylic acids is 1. The first kappa shape index (κ1) is 22.1. The van der Waals surface area contributed by atoms with Gasteiger partial charge in [0.25, 0.3) is 21.5 Å². The molecular formula is C21H21N5O6S. The molecule has 3 aromatic rings. The van der Waals surface area contributed by atoms with Gasteiger partial charge in [0.15, 0.2) is 12.4 Å². The number of aromatic hydroxyl groups is 1. The van der Waals surface area contributed by atoms with Gasteiger partial charge in [0, 0.05) is 18.0 Å². The van der Waals surface area contributed by atoms with E-state index in [1.165, 1.54) is 22.9 Å². The number of amidine groups is 1. The Hall–Kier alpha value is -4.06. The van der Waals surface area contributed by atoms with Crippen LogP contribution in [-0.4, -0.2) is 43.1 Å². The summed E-state index contributed by atoms with van der Waals surface area (Å²) in [6.45, 7) is 1.98. The number of nitrogens with two attached hydrogens (primary N) is 1. The van der Waals surface area contributed by atoms with Gasteiger partial charge in [0.2, 0.25) is 0 Å². The zero-order chi connectivity index (χ0) is 23.8. The first-order chi connectivity index (χ1) is 15.7. The lowest BCUT2D eigenvalue weighted by molar-refractivity contribution is -0.119. The summed E-state index contributed by atoms with van der Waals surface area (Å²) in [7, 11) is -4.27. The van der Waals surface area contributed by atoms with Crippen molar-refractivity contribution in [2.75, 3.05) is 23.9 Å². The van der Waals surface area contributed by atoms with Crippen LogP contribution in [0, 0.1) is 0 Å². The highest BCUT2D eigenvalue weighted by molar-refractivity contribution is 7.90. The standard InChI is InChI=1S/C21H21N5O6S/c1-2-9-23-26-15-6-4-3-5-13(15)19(28)18(21(26)29)20-24-14-8-7-12(32-11-17(22)27)10-16(14)33(30,31)25-20/h3-8,10,23,28H,2,9,11H2,1H3,(H2,22,27)(H,24,25). The molecule has 0 unspecified atom stereocenters. The molecule has 0 saturated heterocycles. The average Bonchev–Trinajstić information content (AvgIpc) is 2.77. The molecule has 0 bridgehead atoms. The Morgan fingerprint density at radius 3 is 2.76 bits per heavy atom. The number of primary amides is 1. The Balaban J connectivity index is 1.85. The molecule has 1 aliphatic heterocycles. The van der Waals surface area contributed by atoms with Crippen molar-refractivity contribution in [2.45, 2.75) is 18.2 Å². The number of ether oxygens (including phenoxy) is 1. The SMILES string of the molecule is CCCNn1c(=O)c(C2=NS(=O)(=O)c3cc(OCC(N)=O)ccc3N2)c(O)c2ccccc21. The predicted molar refractivity (Wildman–Crippen MR) is 123 cm³/mol. The Kier molecular flexibility index (Phi) is 5.68. The lowest BCUT2D eigenvalue weighted by Gasteiger charge is -2.21. The van der Waals surface area contributed by atoms with Crippen molar-refractivity contribution in [3.8, 4) is 11.5 Å². The number of sulfonamides is 1. The van der Waals surface area contributed by atoms with Gasteiger partial charge in [-0.05, 0) is 30.7 Å². The van der Waals surface area contributed by atoms with Crippen LogP contribution in [0.1, 0.15) is 18.9 Å². The highest BCUT2D eigenvalue weighted by Gasteiger charge is 2.30. The van der Waals surface area contributed by atoms with Crippen molar-refractivity contribution in [3.05, 3.63) is 58.4 Å². The molecule has 2 aromatic carbocycles. The number of aromatic nitrogens is 1. The van der Waals surface area contributed by atoms with E-state index in [4.69, 9.17) is 10.5 Å². The van der Waals surface area contributed by atoms with Crippen LogP contribution >= 0.6 is 0 Å². The summed E-state index contributed by atoms with van der Waals surface area (Å²) in [5.74, 6) is -1.31. The van der Waals surface area contributed by atoms with Gasteiger partial charge in [0.05, 0.1) is 11.2 Å². The maximum atomic E-state index is 13.3. The first-order valence-corrected chi connectivity index (χ1v) is 11.4. The van der Waals surface area contributed by atoms with E-state index in [1.54, 1.807) is 24.3 Å². The minimum absolute atomic E-state index is 0.108. The quantitative estimate of drug-likeness (QED) is 0.397. The van der Waals surface area contributed by atoms with Gasteiger partial charge >= 0.3 is 0 Å². The number of hydrogen-bond acceptors (Lipinski definition) is 8. The van der Waals surface area contributed by atoms with Gasteiger partial charge in [-0.1, -0.05) is 19.1 Å². The number of carbonyl (C=O) groups is 1. The van der Waals surface area contributed by atoms with Gasteiger partial charge in [-0.15, -0.1) is 4.40 Å². The van der Waals surface area contributed by atoms with Crippen molar-refractivity contribution < 1.29 is 23.1 Å². The van der Waals surface area contributed by atoms with Gasteiger partial charge in [-0.2, -0.15) is 8.42 Å². The number of anilines is 1. The largest absolute Gasteiger partial charge is 0.506 e. The van der Waals surface area contributed by atoms with Crippen LogP contribution in [0.15, 0.2) is 56.6 Å². The van der Waals surface area contributed by atoms with Crippen molar-refractivity contribution >= 4 is 38.4 Å². The van der Waals surface area contributed by atoms with Crippen LogP contribution in [-0.2, 0) is 14.8 Å². The molecule has 1 aromatic heterocycles. The first-order valence-electron chi connectivity index (χ1n) is 10.0. The summed E-state index contributed by atoms with van der Waals surface area (Å²) in [5, 5.41) is 14.1. The van der Waals surface area contributed by atoms with E-state index in [0.717, 1.165) is 6.42 Å². The molecule has 172 valence electrons. The zero-order valence-corrected chi connectivity index (χ0v) is 18.3. The Morgan fingerprint density at radius 2 is 2.03 bits per heavy atom. The van der Waals surface area contributed by atoms with E-state index in [1.807, 2.05) is 6.92 Å². The molecule has 33 heavy (non-hydrogen) atoms. The molecule has 1 aliphatic rings. The van der Waals surface area contributed by atoms with Crippen LogP contribution in [0.2, 0.25) is 0 Å². The number of rotatable bonds is 7. The molecule has 0 saturated carbocycles. The van der Waals surface area contributed by atoms with Crippen molar-refractivity contribution in [1.82, 2.24) is 4.68 Å². The highest BCUT2D eigenvalue weighted by atomic mass is 32.2. The van der Waals surface area contributed by atoms with Crippen LogP contribution in [0.25, 0.3) is 10.9 Å². The minimum atomic E-state index is -4.27. The third-order valence-corrected chi connectivity index (χ3v) is 6.20. The average molecular weight is 471 g/mol. The zero-order valence-electron chi connectivity index (χ0n) is 17.5. The molecule has 1 amide bonds. The molecule has 11 nitrogen and oxygen atoms in total. The summed E-state index contributed by atoms with van der Waals surface area (Å²) in [4.78, 5) is 24.0. The maximum absolute atomic E-state index is 13.3. The second-order valence-corrected chi connectivity index (χ2v) is 8.81. The molecule has 4 rings (SSSR count). The summed E-state index contributed by atoms with van der Waals surface area (Å²) in [6, 6.07) is 10.7. The van der Waals surface area contributed by atoms with Gasteiger partial charge in [0.1, 0.15) is 22.0 Å². The number of nitrogens with zero attached hydrogens (tertiary/aromatic N) is 2. The van der Waals surface area contributed by atoms with Crippen LogP contribution in [0.4, 0.5) is 5.69 Å². The Bertz CT molecular complexity index is 1460. The van der Waals surface area contributed by atoms with E-state index in [0.29, 0.717) is 17.4 Å². The summed E-state index contributed by atoms with van der Waals surface area (Å²) in [5.41, 5.74) is 7.65. The van der Waals surface area contributed by atoms with Gasteiger partial charge in [-0.3, -0.25) is 9.59 Å². The molecule has 0 radical (unpaired) electrons. The third kappa shape index (κ3) is 4.07. The van der Waals surface area contributed by atoms with Crippen molar-refractivity contribution in [3.63, 3.8) is 0 Å². The summed E-state index contributed by atoms with van der Waals surface area (Å²) in [6.07, 6.45) is 0.734. The van der Waals surface area contributed by atoms with Gasteiger partial charge in [-0.25, -0.2) is 4.68 Å². The van der Waals surface area contributed by atoms with Crippen molar-refractivity contribution in [1.29, 1.82) is 0 Å². The third-order valence-electron chi connectivity index (χ3n) is 4.89. The van der Waals surface area contributed by atoms with Crippen molar-refractivity contribution in [2.24, 2.45) is 10.1 Å². The Morgan fingerprint density at radius 1 is 1.27 bits per heavy atom. The van der Waals surface area contributed by atoms with Crippen LogP contribution < -0.4 is 26.8 Å². The van der Waals surface area contributed by atoms with E-state index in [-0.39, 0.29) is 27.7 Å². The van der Waals surface area contributed by atoms with E-state index in [9.17, 15) is 23.1 Å². The minimum Gasteiger partial charge on any atom is -0.506 e. The lowest BCUT2D eigenvalue weighted by Crippen LogP contribution is -2.36. The van der Waals surface area contributed by atoms with Crippen LogP contribution in [0.5, 0.6) is 11.5 Å².